The maximum atomic E-state index is 12.0. The summed E-state index contributed by atoms with van der Waals surface area (Å²) in [5.41, 5.74) is 0.670. The summed E-state index contributed by atoms with van der Waals surface area (Å²) in [6, 6.07) is 5.55. The van der Waals surface area contributed by atoms with E-state index in [0.717, 1.165) is 10.9 Å². The fourth-order valence-corrected chi connectivity index (χ4v) is 2.49. The predicted octanol–water partition coefficient (Wildman–Crippen LogP) is 2.18. The summed E-state index contributed by atoms with van der Waals surface area (Å²) in [4.78, 5) is 12.0. The molecule has 1 aromatic carbocycles. The number of rotatable bonds is 1. The molecule has 1 atom stereocenters. The van der Waals surface area contributed by atoms with Crippen LogP contribution in [-0.2, 0) is 6.42 Å². The highest BCUT2D eigenvalue weighted by atomic mass is 16.5. The quantitative estimate of drug-likeness (QED) is 0.798. The van der Waals surface area contributed by atoms with Gasteiger partial charge < -0.3 is 14.3 Å². The van der Waals surface area contributed by atoms with Crippen LogP contribution in [0.1, 0.15) is 25.0 Å². The van der Waals surface area contributed by atoms with E-state index < -0.39 is 11.7 Å². The van der Waals surface area contributed by atoms with Crippen molar-refractivity contribution in [2.75, 3.05) is 0 Å². The molecule has 1 aliphatic rings. The van der Waals surface area contributed by atoms with E-state index in [1.165, 1.54) is 0 Å². The molecule has 1 aromatic heterocycles. The van der Waals surface area contributed by atoms with Crippen LogP contribution in [0.15, 0.2) is 27.4 Å². The van der Waals surface area contributed by atoms with Crippen molar-refractivity contribution >= 4 is 11.0 Å². The monoisotopic (exact) mass is 260 g/mol. The molecule has 0 aliphatic carbocycles. The largest absolute Gasteiger partial charge is 0.486 e. The Labute approximate surface area is 110 Å². The maximum Gasteiger partial charge on any atom is 0.343 e. The fraction of sp³-hybridized carbons (Fsp3) is 0.400. The van der Waals surface area contributed by atoms with E-state index in [4.69, 9.17) is 9.15 Å². The standard InChI is InChI=1S/C15H16O4/c1-8-5-4-6-10-12(8)13-9(14(16)18-10)7-11(19-13)15(2,3)17/h4-6,11,17H,7H2,1-3H3. The Hall–Kier alpha value is -1.81. The molecular weight excluding hydrogens is 244 g/mol. The molecule has 0 amide bonds. The molecule has 4 nitrogen and oxygen atoms in total. The molecular formula is C15H16O4. The minimum Gasteiger partial charge on any atom is -0.486 e. The number of hydrogen-bond acceptors (Lipinski definition) is 4. The lowest BCUT2D eigenvalue weighted by molar-refractivity contribution is -0.0225. The first-order valence-corrected chi connectivity index (χ1v) is 6.32. The van der Waals surface area contributed by atoms with Gasteiger partial charge in [-0.3, -0.25) is 0 Å². The number of hydrogen-bond donors (Lipinski definition) is 1. The normalized spacial score (nSPS) is 18.4. The summed E-state index contributed by atoms with van der Waals surface area (Å²) in [6.45, 7) is 5.31. The smallest absolute Gasteiger partial charge is 0.343 e. The third kappa shape index (κ3) is 1.83. The molecule has 3 rings (SSSR count). The van der Waals surface area contributed by atoms with E-state index in [1.807, 2.05) is 19.1 Å². The summed E-state index contributed by atoms with van der Waals surface area (Å²) in [5, 5.41) is 10.9. The van der Waals surface area contributed by atoms with Crippen molar-refractivity contribution in [2.24, 2.45) is 0 Å². The molecule has 0 radical (unpaired) electrons. The van der Waals surface area contributed by atoms with E-state index in [1.54, 1.807) is 19.9 Å². The van der Waals surface area contributed by atoms with Gasteiger partial charge in [0, 0.05) is 6.42 Å². The van der Waals surface area contributed by atoms with Crippen molar-refractivity contribution in [1.82, 2.24) is 0 Å². The second-order valence-electron chi connectivity index (χ2n) is 5.61. The van der Waals surface area contributed by atoms with Gasteiger partial charge in [0.1, 0.15) is 17.4 Å². The molecule has 1 N–H and O–H groups in total. The Bertz CT molecular complexity index is 706. The summed E-state index contributed by atoms with van der Waals surface area (Å²) in [6.07, 6.45) is -0.0403. The lowest BCUT2D eigenvalue weighted by atomic mass is 9.97. The lowest BCUT2D eigenvalue weighted by Crippen LogP contribution is -2.39. The van der Waals surface area contributed by atoms with E-state index in [0.29, 0.717) is 23.3 Å². The van der Waals surface area contributed by atoms with Gasteiger partial charge in [-0.1, -0.05) is 12.1 Å². The van der Waals surface area contributed by atoms with Gasteiger partial charge in [0.25, 0.3) is 0 Å². The lowest BCUT2D eigenvalue weighted by Gasteiger charge is -2.24. The number of benzene rings is 1. The number of ether oxygens (including phenoxy) is 1. The second-order valence-corrected chi connectivity index (χ2v) is 5.61. The average molecular weight is 260 g/mol. The molecule has 100 valence electrons. The van der Waals surface area contributed by atoms with Gasteiger partial charge in [0.05, 0.1) is 16.6 Å². The van der Waals surface area contributed by atoms with Crippen LogP contribution in [0.2, 0.25) is 0 Å². The van der Waals surface area contributed by atoms with E-state index in [-0.39, 0.29) is 5.63 Å². The first kappa shape index (κ1) is 12.2. The molecule has 4 heteroatoms. The van der Waals surface area contributed by atoms with Crippen LogP contribution in [0.3, 0.4) is 0 Å². The van der Waals surface area contributed by atoms with Gasteiger partial charge in [0.2, 0.25) is 0 Å². The van der Waals surface area contributed by atoms with Crippen LogP contribution >= 0.6 is 0 Å². The zero-order chi connectivity index (χ0) is 13.8. The molecule has 0 bridgehead atoms. The van der Waals surface area contributed by atoms with Crippen molar-refractivity contribution in [3.8, 4) is 5.75 Å². The van der Waals surface area contributed by atoms with Crippen LogP contribution in [-0.4, -0.2) is 16.8 Å². The first-order chi connectivity index (χ1) is 8.88. The van der Waals surface area contributed by atoms with Crippen LogP contribution in [0, 0.1) is 6.92 Å². The Balaban J connectivity index is 2.27. The van der Waals surface area contributed by atoms with Crippen LogP contribution in [0.5, 0.6) is 5.75 Å². The third-order valence-electron chi connectivity index (χ3n) is 3.62. The van der Waals surface area contributed by atoms with Gasteiger partial charge in [-0.15, -0.1) is 0 Å². The fourth-order valence-electron chi connectivity index (χ4n) is 2.49. The molecule has 1 aliphatic heterocycles. The van der Waals surface area contributed by atoms with Crippen molar-refractivity contribution in [2.45, 2.75) is 38.9 Å². The number of aryl methyl sites for hydroxylation is 1. The van der Waals surface area contributed by atoms with Gasteiger partial charge in [-0.2, -0.15) is 0 Å². The van der Waals surface area contributed by atoms with Gasteiger partial charge in [-0.25, -0.2) is 4.79 Å². The minimum absolute atomic E-state index is 0.375. The minimum atomic E-state index is -1.000. The number of fused-ring (bicyclic) bond motifs is 3. The van der Waals surface area contributed by atoms with E-state index >= 15 is 0 Å². The van der Waals surface area contributed by atoms with Crippen LogP contribution in [0.25, 0.3) is 11.0 Å². The zero-order valence-corrected chi connectivity index (χ0v) is 11.2. The zero-order valence-electron chi connectivity index (χ0n) is 11.2. The molecule has 19 heavy (non-hydrogen) atoms. The van der Waals surface area contributed by atoms with Gasteiger partial charge in [0.15, 0.2) is 0 Å². The summed E-state index contributed by atoms with van der Waals surface area (Å²) in [5.74, 6) is 0.566. The van der Waals surface area contributed by atoms with Crippen LogP contribution < -0.4 is 10.4 Å². The molecule has 0 fully saturated rings. The molecule has 2 heterocycles. The molecule has 1 unspecified atom stereocenters. The van der Waals surface area contributed by atoms with Gasteiger partial charge in [-0.05, 0) is 32.4 Å². The van der Waals surface area contributed by atoms with Crippen molar-refractivity contribution in [1.29, 1.82) is 0 Å². The molecule has 0 saturated heterocycles. The maximum absolute atomic E-state index is 12.0. The van der Waals surface area contributed by atoms with Gasteiger partial charge >= 0.3 is 5.63 Å². The third-order valence-corrected chi connectivity index (χ3v) is 3.62. The van der Waals surface area contributed by atoms with Crippen molar-refractivity contribution < 1.29 is 14.3 Å². The highest BCUT2D eigenvalue weighted by Crippen LogP contribution is 2.38. The Kier molecular flexibility index (Phi) is 2.47. The van der Waals surface area contributed by atoms with Crippen molar-refractivity contribution in [3.05, 3.63) is 39.7 Å². The highest BCUT2D eigenvalue weighted by Gasteiger charge is 2.38. The Morgan fingerprint density at radius 1 is 1.37 bits per heavy atom. The molecule has 0 spiro atoms. The summed E-state index contributed by atoms with van der Waals surface area (Å²) >= 11 is 0. The van der Waals surface area contributed by atoms with E-state index in [2.05, 4.69) is 0 Å². The first-order valence-electron chi connectivity index (χ1n) is 6.32. The van der Waals surface area contributed by atoms with E-state index in [9.17, 15) is 9.90 Å². The highest BCUT2D eigenvalue weighted by molar-refractivity contribution is 5.88. The second kappa shape index (κ2) is 3.84. The average Bonchev–Trinajstić information content (AvgIpc) is 2.74. The molecule has 0 saturated carbocycles. The van der Waals surface area contributed by atoms with Crippen molar-refractivity contribution in [3.63, 3.8) is 0 Å². The number of aliphatic hydroxyl groups is 1. The SMILES string of the molecule is Cc1cccc2oc(=O)c3c(c12)OC(C(C)(C)O)C3. The predicted molar refractivity (Wildman–Crippen MR) is 71.6 cm³/mol. The summed E-state index contributed by atoms with van der Waals surface area (Å²) < 4.78 is 11.2. The van der Waals surface area contributed by atoms with Crippen LogP contribution in [0.4, 0.5) is 0 Å². The Morgan fingerprint density at radius 2 is 2.11 bits per heavy atom. The Morgan fingerprint density at radius 3 is 2.79 bits per heavy atom. The summed E-state index contributed by atoms with van der Waals surface area (Å²) in [7, 11) is 0. The topological polar surface area (TPSA) is 59.7 Å². The molecule has 2 aromatic rings.